The number of hydrogen-bond acceptors (Lipinski definition) is 0. The van der Waals surface area contributed by atoms with Gasteiger partial charge in [0, 0.05) is 0 Å². The second-order valence-corrected chi connectivity index (χ2v) is 9.10. The van der Waals surface area contributed by atoms with Crippen LogP contribution in [0, 0.1) is 28.1 Å². The van der Waals surface area contributed by atoms with Crippen LogP contribution in [0.1, 0.15) is 87.0 Å². The Balaban J connectivity index is 0.000000789. The van der Waals surface area contributed by atoms with Crippen LogP contribution < -0.4 is 0 Å². The van der Waals surface area contributed by atoms with Crippen LogP contribution in [0.4, 0.5) is 0 Å². The third-order valence-electron chi connectivity index (χ3n) is 5.77. The topological polar surface area (TPSA) is 0 Å². The van der Waals surface area contributed by atoms with Crippen molar-refractivity contribution in [2.45, 2.75) is 87.0 Å². The Kier molecular flexibility index (Phi) is 8.17. The third-order valence-corrected chi connectivity index (χ3v) is 5.77. The Morgan fingerprint density at radius 2 is 1.59 bits per heavy atom. The van der Waals surface area contributed by atoms with Gasteiger partial charge in [-0.2, -0.15) is 0 Å². The molecule has 2 fully saturated rings. The van der Waals surface area contributed by atoms with Crippen LogP contribution in [0.2, 0.25) is 0 Å². The van der Waals surface area contributed by atoms with Gasteiger partial charge in [-0.3, -0.25) is 0 Å². The molecule has 0 saturated heterocycles. The zero-order chi connectivity index (χ0) is 17.6. The van der Waals surface area contributed by atoms with Crippen LogP contribution in [0.3, 0.4) is 0 Å². The fraction of sp³-hybridized carbons (Fsp3) is 0.818. The molecule has 0 amide bonds. The summed E-state index contributed by atoms with van der Waals surface area (Å²) in [6.07, 6.45) is 10.5. The maximum Gasteiger partial charge on any atom is -0.0259 e. The number of hydrogen-bond donors (Lipinski definition) is 0. The van der Waals surface area contributed by atoms with Crippen LogP contribution >= 0.6 is 0 Å². The van der Waals surface area contributed by atoms with Crippen molar-refractivity contribution in [1.29, 1.82) is 0 Å². The molecule has 0 spiro atoms. The summed E-state index contributed by atoms with van der Waals surface area (Å²) in [6.45, 7) is 26.2. The third kappa shape index (κ3) is 5.28. The van der Waals surface area contributed by atoms with Crippen molar-refractivity contribution in [3.05, 3.63) is 25.8 Å². The van der Waals surface area contributed by atoms with Gasteiger partial charge in [0.05, 0.1) is 0 Å². The molecule has 2 rings (SSSR count). The highest BCUT2D eigenvalue weighted by Gasteiger charge is 2.54. The minimum atomic E-state index is 0.566. The van der Waals surface area contributed by atoms with E-state index >= 15 is 0 Å². The highest BCUT2D eigenvalue weighted by Crippen LogP contribution is 2.65. The SMILES string of the molecule is C=C.C=CC.CCC(C)C12CC(C)CC(C)(CC(C)(C)C1)C2. The van der Waals surface area contributed by atoms with E-state index in [1.54, 1.807) is 6.08 Å². The van der Waals surface area contributed by atoms with Crippen molar-refractivity contribution < 1.29 is 0 Å². The van der Waals surface area contributed by atoms with Crippen LogP contribution in [0.5, 0.6) is 0 Å². The van der Waals surface area contributed by atoms with Gasteiger partial charge < -0.3 is 0 Å². The molecule has 2 aliphatic carbocycles. The molecule has 130 valence electrons. The molecule has 22 heavy (non-hydrogen) atoms. The summed E-state index contributed by atoms with van der Waals surface area (Å²) >= 11 is 0. The summed E-state index contributed by atoms with van der Waals surface area (Å²) < 4.78 is 0. The zero-order valence-corrected chi connectivity index (χ0v) is 16.6. The van der Waals surface area contributed by atoms with Crippen molar-refractivity contribution in [3.63, 3.8) is 0 Å². The lowest BCUT2D eigenvalue weighted by atomic mass is 9.45. The summed E-state index contributed by atoms with van der Waals surface area (Å²) in [7, 11) is 0. The Bertz CT molecular complexity index is 336. The van der Waals surface area contributed by atoms with E-state index in [0.29, 0.717) is 16.2 Å². The van der Waals surface area contributed by atoms with Crippen molar-refractivity contribution >= 4 is 0 Å². The Morgan fingerprint density at radius 3 is 2.05 bits per heavy atom. The molecule has 0 aromatic rings. The Hall–Kier alpha value is -0.520. The first-order valence-electron chi connectivity index (χ1n) is 9.19. The first kappa shape index (κ1) is 21.5. The molecule has 0 aromatic carbocycles. The monoisotopic (exact) mass is 306 g/mol. The predicted octanol–water partition coefficient (Wildman–Crippen LogP) is 7.66. The minimum absolute atomic E-state index is 0.566. The van der Waals surface area contributed by atoms with Gasteiger partial charge in [-0.15, -0.1) is 19.7 Å². The molecule has 0 heterocycles. The number of fused-ring (bicyclic) bond motifs is 2. The summed E-state index contributed by atoms with van der Waals surface area (Å²) in [5, 5.41) is 0. The van der Waals surface area contributed by atoms with E-state index in [1.165, 1.54) is 38.5 Å². The maximum atomic E-state index is 3.36. The van der Waals surface area contributed by atoms with E-state index in [-0.39, 0.29) is 0 Å². The lowest BCUT2D eigenvalue weighted by molar-refractivity contribution is -0.101. The van der Waals surface area contributed by atoms with Crippen molar-refractivity contribution in [3.8, 4) is 0 Å². The van der Waals surface area contributed by atoms with Gasteiger partial charge in [0.1, 0.15) is 0 Å². The summed E-state index contributed by atoms with van der Waals surface area (Å²) in [5.74, 6) is 1.85. The van der Waals surface area contributed by atoms with Gasteiger partial charge in [-0.25, -0.2) is 0 Å². The van der Waals surface area contributed by atoms with Crippen LogP contribution in [-0.4, -0.2) is 0 Å². The molecule has 0 aromatic heterocycles. The van der Waals surface area contributed by atoms with E-state index in [9.17, 15) is 0 Å². The minimum Gasteiger partial charge on any atom is -0.106 e. The van der Waals surface area contributed by atoms with E-state index in [0.717, 1.165) is 11.8 Å². The normalized spacial score (nSPS) is 36.8. The van der Waals surface area contributed by atoms with Crippen molar-refractivity contribution in [2.24, 2.45) is 28.1 Å². The second-order valence-electron chi connectivity index (χ2n) is 9.10. The summed E-state index contributed by atoms with van der Waals surface area (Å²) in [4.78, 5) is 0. The molecule has 0 nitrogen and oxygen atoms in total. The van der Waals surface area contributed by atoms with Crippen LogP contribution in [0.15, 0.2) is 25.8 Å². The lowest BCUT2D eigenvalue weighted by Gasteiger charge is -2.60. The van der Waals surface area contributed by atoms with Gasteiger partial charge in [-0.05, 0) is 67.1 Å². The van der Waals surface area contributed by atoms with Gasteiger partial charge in [0.25, 0.3) is 0 Å². The molecular weight excluding hydrogens is 264 g/mol. The number of allylic oxidation sites excluding steroid dienone is 1. The molecule has 2 saturated carbocycles. The molecular formula is C22H42. The predicted molar refractivity (Wildman–Crippen MR) is 103 cm³/mol. The van der Waals surface area contributed by atoms with E-state index < -0.39 is 0 Å². The van der Waals surface area contributed by atoms with Crippen molar-refractivity contribution in [1.82, 2.24) is 0 Å². The molecule has 0 aliphatic heterocycles. The van der Waals surface area contributed by atoms with Crippen molar-refractivity contribution in [2.75, 3.05) is 0 Å². The average molecular weight is 307 g/mol. The van der Waals surface area contributed by atoms with E-state index in [1.807, 2.05) is 6.92 Å². The Morgan fingerprint density at radius 1 is 1.09 bits per heavy atom. The molecule has 4 unspecified atom stereocenters. The molecule has 2 bridgehead atoms. The maximum absolute atomic E-state index is 3.36. The fourth-order valence-electron chi connectivity index (χ4n) is 6.02. The van der Waals surface area contributed by atoms with E-state index in [4.69, 9.17) is 0 Å². The molecule has 0 radical (unpaired) electrons. The van der Waals surface area contributed by atoms with Gasteiger partial charge in [0.2, 0.25) is 0 Å². The highest BCUT2D eigenvalue weighted by molar-refractivity contribution is 5.04. The molecule has 2 aliphatic rings. The van der Waals surface area contributed by atoms with Gasteiger partial charge in [-0.1, -0.05) is 54.0 Å². The van der Waals surface area contributed by atoms with E-state index in [2.05, 4.69) is 61.3 Å². The quantitative estimate of drug-likeness (QED) is 0.459. The molecule has 0 N–H and O–H groups in total. The Labute approximate surface area is 141 Å². The molecule has 4 atom stereocenters. The first-order chi connectivity index (χ1) is 10.1. The summed E-state index contributed by atoms with van der Waals surface area (Å²) in [5.41, 5.74) is 1.85. The van der Waals surface area contributed by atoms with Crippen LogP contribution in [0.25, 0.3) is 0 Å². The average Bonchev–Trinajstić information content (AvgIpc) is 2.36. The highest BCUT2D eigenvalue weighted by atomic mass is 14.6. The standard InChI is InChI=1S/C17H32.C3H6.C2H4/c1-7-14(3)17-9-13(2)8-16(6,12-17)10-15(4,5)11-17;1-3-2;1-2/h13-14H,7-12H2,1-6H3;3H,1H2,2H3;1-2H2. The first-order valence-corrected chi connectivity index (χ1v) is 9.19. The summed E-state index contributed by atoms with van der Waals surface area (Å²) in [6, 6.07) is 0. The molecule has 0 heteroatoms. The van der Waals surface area contributed by atoms with Crippen LogP contribution in [-0.2, 0) is 0 Å². The largest absolute Gasteiger partial charge is 0.106 e. The smallest absolute Gasteiger partial charge is 0.0259 e. The second kappa shape index (κ2) is 8.37. The lowest BCUT2D eigenvalue weighted by Crippen LogP contribution is -2.50. The van der Waals surface area contributed by atoms with Gasteiger partial charge in [0.15, 0.2) is 0 Å². The van der Waals surface area contributed by atoms with Gasteiger partial charge >= 0.3 is 0 Å². The number of rotatable bonds is 2. The fourth-order valence-corrected chi connectivity index (χ4v) is 6.02. The zero-order valence-electron chi connectivity index (χ0n) is 16.6.